The number of hydrogen-bond acceptors (Lipinski definition) is 6. The molecule has 0 amide bonds. The molecule has 42 heavy (non-hydrogen) atoms. The lowest BCUT2D eigenvalue weighted by Gasteiger charge is -2.08. The number of aromatic amines is 2. The molecule has 0 atom stereocenters. The van der Waals surface area contributed by atoms with Crippen molar-refractivity contribution in [2.24, 2.45) is 0 Å². The number of halogens is 2. The van der Waals surface area contributed by atoms with Crippen molar-refractivity contribution in [1.29, 1.82) is 0 Å². The van der Waals surface area contributed by atoms with Crippen LogP contribution in [0.3, 0.4) is 0 Å². The van der Waals surface area contributed by atoms with Crippen molar-refractivity contribution in [3.63, 3.8) is 0 Å². The molecule has 2 aromatic heterocycles. The maximum absolute atomic E-state index is 13.5. The molecule has 12 heteroatoms. The Morgan fingerprint density at radius 1 is 0.714 bits per heavy atom. The zero-order valence-electron chi connectivity index (χ0n) is 23.9. The Hall–Kier alpha value is -4.74. The summed E-state index contributed by atoms with van der Waals surface area (Å²) in [6.45, 7) is 8.37. The highest BCUT2D eigenvalue weighted by Gasteiger charge is 2.12. The van der Waals surface area contributed by atoms with E-state index in [0.29, 0.717) is 26.1 Å². The molecule has 4 rings (SSSR count). The zero-order chi connectivity index (χ0) is 30.8. The van der Waals surface area contributed by atoms with Gasteiger partial charge in [-0.05, 0) is 101 Å². The molecular weight excluding hydrogens is 550 g/mol. The number of benzene rings is 2. The Morgan fingerprint density at radius 3 is 1.40 bits per heavy atom. The Balaban J connectivity index is 0.000000230. The summed E-state index contributed by atoms with van der Waals surface area (Å²) in [6.07, 6.45) is 2.93. The number of carbonyl (C=O) groups is 2. The molecule has 10 nitrogen and oxygen atoms in total. The normalized spacial score (nSPS) is 10.6. The van der Waals surface area contributed by atoms with Gasteiger partial charge >= 0.3 is 11.9 Å². The fourth-order valence-electron chi connectivity index (χ4n) is 4.24. The Morgan fingerprint density at radius 2 is 1.10 bits per heavy atom. The van der Waals surface area contributed by atoms with E-state index in [1.807, 2.05) is 27.7 Å². The van der Waals surface area contributed by atoms with Crippen molar-refractivity contribution in [3.8, 4) is 11.5 Å². The van der Waals surface area contributed by atoms with E-state index in [1.54, 1.807) is 0 Å². The highest BCUT2D eigenvalue weighted by molar-refractivity contribution is 5.88. The number of rotatable bonds is 12. The second-order valence-corrected chi connectivity index (χ2v) is 9.63. The van der Waals surface area contributed by atoms with Crippen molar-refractivity contribution in [3.05, 3.63) is 93.1 Å². The maximum atomic E-state index is 13.5. The molecule has 0 aliphatic rings. The Kier molecular flexibility index (Phi) is 11.2. The number of aromatic nitrogens is 4. The van der Waals surface area contributed by atoms with Crippen LogP contribution in [0.1, 0.15) is 67.5 Å². The summed E-state index contributed by atoms with van der Waals surface area (Å²) < 4.78 is 37.7. The van der Waals surface area contributed by atoms with Gasteiger partial charge in [0.15, 0.2) is 23.1 Å². The molecule has 0 radical (unpaired) electrons. The van der Waals surface area contributed by atoms with E-state index >= 15 is 0 Å². The first-order valence-corrected chi connectivity index (χ1v) is 13.3. The summed E-state index contributed by atoms with van der Waals surface area (Å²) in [4.78, 5) is 21.7. The summed E-state index contributed by atoms with van der Waals surface area (Å²) in [5, 5.41) is 31.8. The lowest BCUT2D eigenvalue weighted by Crippen LogP contribution is -2.04. The molecule has 0 aliphatic heterocycles. The number of H-pyrrole nitrogens is 2. The smallest absolute Gasteiger partial charge is 0.335 e. The first-order valence-electron chi connectivity index (χ1n) is 13.3. The lowest BCUT2D eigenvalue weighted by molar-refractivity contribution is 0.0685. The van der Waals surface area contributed by atoms with Crippen molar-refractivity contribution in [2.75, 3.05) is 13.2 Å². The minimum Gasteiger partial charge on any atom is -0.490 e. The highest BCUT2D eigenvalue weighted by atomic mass is 19.1. The quantitative estimate of drug-likeness (QED) is 0.154. The average molecular weight is 585 g/mol. The van der Waals surface area contributed by atoms with Crippen LogP contribution < -0.4 is 9.47 Å². The molecule has 4 aromatic rings. The fraction of sp³-hybridized carbons (Fsp3) is 0.333. The molecule has 0 unspecified atom stereocenters. The van der Waals surface area contributed by atoms with Gasteiger partial charge in [-0.2, -0.15) is 10.2 Å². The molecule has 0 bridgehead atoms. The predicted molar refractivity (Wildman–Crippen MR) is 150 cm³/mol. The van der Waals surface area contributed by atoms with Gasteiger partial charge in [-0.1, -0.05) is 0 Å². The van der Waals surface area contributed by atoms with Crippen LogP contribution >= 0.6 is 0 Å². The number of aryl methyl sites for hydroxylation is 4. The van der Waals surface area contributed by atoms with Crippen LogP contribution in [0.15, 0.2) is 36.4 Å². The molecule has 0 aliphatic carbocycles. The van der Waals surface area contributed by atoms with Crippen LogP contribution in [0.2, 0.25) is 0 Å². The van der Waals surface area contributed by atoms with Gasteiger partial charge in [0.1, 0.15) is 0 Å². The molecule has 224 valence electrons. The summed E-state index contributed by atoms with van der Waals surface area (Å²) in [5.74, 6) is -3.40. The Labute approximate surface area is 241 Å². The monoisotopic (exact) mass is 584 g/mol. The molecule has 2 aromatic carbocycles. The van der Waals surface area contributed by atoms with Crippen LogP contribution in [-0.4, -0.2) is 55.8 Å². The van der Waals surface area contributed by atoms with Crippen LogP contribution in [0, 0.1) is 39.3 Å². The number of nitrogens with zero attached hydrogens (tertiary/aromatic N) is 2. The number of carboxylic acid groups (broad SMARTS) is 2. The number of hydrogen-bond donors (Lipinski definition) is 4. The summed E-state index contributed by atoms with van der Waals surface area (Å²) in [5.41, 5.74) is 6.23. The largest absolute Gasteiger partial charge is 0.490 e. The predicted octanol–water partition coefficient (Wildman–Crippen LogP) is 5.75. The first kappa shape index (κ1) is 31.8. The van der Waals surface area contributed by atoms with E-state index in [0.717, 1.165) is 58.9 Å². The van der Waals surface area contributed by atoms with Crippen molar-refractivity contribution in [2.45, 2.75) is 53.4 Å². The van der Waals surface area contributed by atoms with Gasteiger partial charge in [-0.25, -0.2) is 18.4 Å². The first-order chi connectivity index (χ1) is 20.0. The molecule has 0 fully saturated rings. The van der Waals surface area contributed by atoms with Gasteiger partial charge in [0, 0.05) is 11.4 Å². The molecule has 2 heterocycles. The van der Waals surface area contributed by atoms with Gasteiger partial charge in [0.2, 0.25) is 0 Å². The number of nitrogens with one attached hydrogen (secondary N) is 2. The minimum atomic E-state index is -1.11. The van der Waals surface area contributed by atoms with Gasteiger partial charge < -0.3 is 19.7 Å². The number of ether oxygens (including phenoxy) is 2. The fourth-order valence-corrected chi connectivity index (χ4v) is 4.24. The third-order valence-electron chi connectivity index (χ3n) is 6.58. The van der Waals surface area contributed by atoms with E-state index in [4.69, 9.17) is 19.7 Å². The van der Waals surface area contributed by atoms with Crippen LogP contribution in [0.5, 0.6) is 11.5 Å². The number of carboxylic acids is 2. The third kappa shape index (κ3) is 8.63. The van der Waals surface area contributed by atoms with Crippen LogP contribution in [0.4, 0.5) is 8.78 Å². The van der Waals surface area contributed by atoms with E-state index in [-0.39, 0.29) is 22.6 Å². The second kappa shape index (κ2) is 14.8. The van der Waals surface area contributed by atoms with Crippen LogP contribution in [0.25, 0.3) is 0 Å². The van der Waals surface area contributed by atoms with Crippen molar-refractivity contribution >= 4 is 11.9 Å². The molecule has 0 saturated carbocycles. The van der Waals surface area contributed by atoms with Crippen molar-refractivity contribution < 1.29 is 38.1 Å². The molecular formula is C30H34F2N4O6. The van der Waals surface area contributed by atoms with E-state index in [2.05, 4.69) is 20.4 Å². The van der Waals surface area contributed by atoms with Gasteiger partial charge in [-0.15, -0.1) is 0 Å². The summed E-state index contributed by atoms with van der Waals surface area (Å²) >= 11 is 0. The average Bonchev–Trinajstić information content (AvgIpc) is 3.45. The third-order valence-corrected chi connectivity index (χ3v) is 6.58. The standard InChI is InChI=1S/2C15H17FN2O3/c2*1-9-12(10(2)18-17-9)4-3-7-21-14-8-11(15(19)20)5-6-13(14)16/h2*5-6,8H,3-4,7H2,1-2H3,(H,17,18)(H,19,20). The minimum absolute atomic E-state index is 0.00734. The highest BCUT2D eigenvalue weighted by Crippen LogP contribution is 2.21. The lowest BCUT2D eigenvalue weighted by atomic mass is 10.1. The number of aromatic carboxylic acids is 2. The summed E-state index contributed by atoms with van der Waals surface area (Å²) in [7, 11) is 0. The zero-order valence-corrected chi connectivity index (χ0v) is 23.9. The Bertz CT molecular complexity index is 1380. The summed E-state index contributed by atoms with van der Waals surface area (Å²) in [6, 6.07) is 7.02. The van der Waals surface area contributed by atoms with Crippen molar-refractivity contribution in [1.82, 2.24) is 20.4 Å². The van der Waals surface area contributed by atoms with Crippen LogP contribution in [-0.2, 0) is 12.8 Å². The molecule has 4 N–H and O–H groups in total. The topological polar surface area (TPSA) is 150 Å². The molecule has 0 saturated heterocycles. The van der Waals surface area contributed by atoms with E-state index < -0.39 is 23.6 Å². The van der Waals surface area contributed by atoms with Gasteiger partial charge in [-0.3, -0.25) is 10.2 Å². The maximum Gasteiger partial charge on any atom is 0.335 e. The SMILES string of the molecule is Cc1n[nH]c(C)c1CCCOc1cc(C(=O)O)ccc1F.Cc1n[nH]c(C)c1CCCOc1cc(C(=O)O)ccc1F. The second-order valence-electron chi connectivity index (χ2n) is 9.63. The van der Waals surface area contributed by atoms with E-state index in [9.17, 15) is 18.4 Å². The molecule has 0 spiro atoms. The van der Waals surface area contributed by atoms with Gasteiger partial charge in [0.05, 0.1) is 35.7 Å². The van der Waals surface area contributed by atoms with Gasteiger partial charge in [0.25, 0.3) is 0 Å². The van der Waals surface area contributed by atoms with E-state index in [1.165, 1.54) is 24.3 Å².